The molecule has 1 aliphatic rings. The number of halogens is 1. The van der Waals surface area contributed by atoms with Crippen molar-refractivity contribution in [3.8, 4) is 11.4 Å². The van der Waals surface area contributed by atoms with Crippen LogP contribution in [0.4, 0.5) is 0 Å². The molecule has 1 atom stereocenters. The second-order valence-electron chi connectivity index (χ2n) is 8.31. The lowest BCUT2D eigenvalue weighted by Crippen LogP contribution is -2.25. The molecule has 178 valence electrons. The summed E-state index contributed by atoms with van der Waals surface area (Å²) in [4.78, 5) is 12.5. The van der Waals surface area contributed by atoms with Crippen LogP contribution in [0.3, 0.4) is 0 Å². The molecule has 0 spiro atoms. The predicted molar refractivity (Wildman–Crippen MR) is 134 cm³/mol. The normalized spacial score (nSPS) is 16.8. The van der Waals surface area contributed by atoms with Gasteiger partial charge in [0.2, 0.25) is 5.91 Å². The first-order valence-corrected chi connectivity index (χ1v) is 12.0. The van der Waals surface area contributed by atoms with Gasteiger partial charge in [0.1, 0.15) is 24.0 Å². The predicted octanol–water partition coefficient (Wildman–Crippen LogP) is 4.40. The number of nitrogens with zero attached hydrogens (tertiary/aromatic N) is 3. The van der Waals surface area contributed by atoms with Crippen molar-refractivity contribution in [1.82, 2.24) is 20.1 Å². The van der Waals surface area contributed by atoms with Gasteiger partial charge in [0.05, 0.1) is 5.69 Å². The zero-order valence-corrected chi connectivity index (χ0v) is 20.3. The van der Waals surface area contributed by atoms with Crippen LogP contribution in [0.2, 0.25) is 5.02 Å². The van der Waals surface area contributed by atoms with E-state index in [0.29, 0.717) is 31.1 Å². The molecule has 1 aromatic heterocycles. The van der Waals surface area contributed by atoms with Gasteiger partial charge in [-0.3, -0.25) is 9.36 Å². The smallest absolute Gasteiger partial charge is 0.220 e. The summed E-state index contributed by atoms with van der Waals surface area (Å²) in [5.41, 5.74) is 9.73. The number of hydrogen-bond donors (Lipinski definition) is 2. The minimum Gasteiger partial charge on any atom is -0.492 e. The van der Waals surface area contributed by atoms with Gasteiger partial charge >= 0.3 is 0 Å². The maximum atomic E-state index is 12.5. The molecule has 1 amide bonds. The highest BCUT2D eigenvalue weighted by molar-refractivity contribution is 6.30. The number of carbonyl (C=O) groups is 1. The number of nitrogens with two attached hydrogens (primary N) is 1. The maximum Gasteiger partial charge on any atom is 0.220 e. The van der Waals surface area contributed by atoms with E-state index in [-0.39, 0.29) is 11.8 Å². The number of aryl methyl sites for hydroxylation is 1. The van der Waals surface area contributed by atoms with Crippen LogP contribution in [0, 0.1) is 6.92 Å². The van der Waals surface area contributed by atoms with Crippen molar-refractivity contribution in [2.24, 2.45) is 5.73 Å². The van der Waals surface area contributed by atoms with Crippen LogP contribution in [0.5, 0.6) is 5.75 Å². The zero-order valence-electron chi connectivity index (χ0n) is 19.6. The number of aromatic nitrogens is 3. The van der Waals surface area contributed by atoms with Gasteiger partial charge in [0.25, 0.3) is 0 Å². The molecule has 1 aliphatic heterocycles. The van der Waals surface area contributed by atoms with Gasteiger partial charge in [0, 0.05) is 36.0 Å². The number of allylic oxidation sites excluding steroid dienone is 1. The van der Waals surface area contributed by atoms with Crippen molar-refractivity contribution in [1.29, 1.82) is 0 Å². The average molecular weight is 480 g/mol. The maximum absolute atomic E-state index is 12.5. The fourth-order valence-electron chi connectivity index (χ4n) is 4.39. The number of ether oxygens (including phenoxy) is 1. The Hall–Kier alpha value is -3.16. The van der Waals surface area contributed by atoms with Crippen LogP contribution in [-0.4, -0.2) is 40.4 Å². The third kappa shape index (κ3) is 5.16. The molecule has 0 saturated carbocycles. The number of carbonyl (C=O) groups excluding carboxylic acids is 1. The molecule has 2 aromatic carbocycles. The van der Waals surface area contributed by atoms with Crippen molar-refractivity contribution in [3.05, 3.63) is 76.3 Å². The Balaban J connectivity index is 1.89. The van der Waals surface area contributed by atoms with Crippen LogP contribution >= 0.6 is 11.6 Å². The summed E-state index contributed by atoms with van der Waals surface area (Å²) in [5.74, 6) is 2.27. The summed E-state index contributed by atoms with van der Waals surface area (Å²) in [6.07, 6.45) is 4.15. The van der Waals surface area contributed by atoms with E-state index in [0.717, 1.165) is 52.6 Å². The van der Waals surface area contributed by atoms with Crippen molar-refractivity contribution >= 4 is 23.1 Å². The second-order valence-corrected chi connectivity index (χ2v) is 8.75. The van der Waals surface area contributed by atoms with E-state index >= 15 is 0 Å². The lowest BCUT2D eigenvalue weighted by molar-refractivity contribution is -0.121. The number of nitrogens with one attached hydrogen (secondary N) is 1. The largest absolute Gasteiger partial charge is 0.492 e. The van der Waals surface area contributed by atoms with E-state index in [1.165, 1.54) is 0 Å². The summed E-state index contributed by atoms with van der Waals surface area (Å²) in [6.45, 7) is 5.34. The Morgan fingerprint density at radius 1 is 1.24 bits per heavy atom. The Bertz CT molecular complexity index is 1190. The van der Waals surface area contributed by atoms with Crippen molar-refractivity contribution < 1.29 is 9.53 Å². The summed E-state index contributed by atoms with van der Waals surface area (Å²) >= 11 is 6.17. The molecule has 0 radical (unpaired) electrons. The molecule has 0 aliphatic carbocycles. The third-order valence-corrected chi connectivity index (χ3v) is 6.18. The molecular formula is C26H30ClN5O2. The standard InChI is InChI=1S/C26H30ClN5O2/c1-3-29-25(33)15-19-5-4-6-22(18-7-9-20(27)10-8-18)23-16-21(34-14-13-28)11-12-24(23)32-17(2)30-31-26(19)32/h6-12,16,19H,3-5,13-15,28H2,1-2H3,(H,29,33)/b22-6-/t19-/m0/s1. The summed E-state index contributed by atoms with van der Waals surface area (Å²) in [7, 11) is 0. The highest BCUT2D eigenvalue weighted by atomic mass is 35.5. The lowest BCUT2D eigenvalue weighted by Gasteiger charge is -2.19. The van der Waals surface area contributed by atoms with Gasteiger partial charge in [-0.2, -0.15) is 0 Å². The minimum atomic E-state index is -0.0606. The first-order chi connectivity index (χ1) is 16.5. The molecule has 2 heterocycles. The van der Waals surface area contributed by atoms with Crippen LogP contribution in [0.15, 0.2) is 48.5 Å². The van der Waals surface area contributed by atoms with E-state index in [1.807, 2.05) is 56.3 Å². The molecule has 3 N–H and O–H groups in total. The second kappa shape index (κ2) is 10.8. The first kappa shape index (κ1) is 24.0. The van der Waals surface area contributed by atoms with Crippen LogP contribution in [0.1, 0.15) is 54.9 Å². The lowest BCUT2D eigenvalue weighted by atomic mass is 9.94. The Morgan fingerprint density at radius 2 is 2.03 bits per heavy atom. The topological polar surface area (TPSA) is 95.1 Å². The highest BCUT2D eigenvalue weighted by Crippen LogP contribution is 2.37. The van der Waals surface area contributed by atoms with Crippen LogP contribution in [-0.2, 0) is 4.79 Å². The first-order valence-electron chi connectivity index (χ1n) is 11.6. The van der Waals surface area contributed by atoms with E-state index in [4.69, 9.17) is 22.1 Å². The van der Waals surface area contributed by atoms with E-state index < -0.39 is 0 Å². The zero-order chi connectivity index (χ0) is 24.1. The monoisotopic (exact) mass is 479 g/mol. The number of amides is 1. The van der Waals surface area contributed by atoms with E-state index in [2.05, 4.69) is 26.2 Å². The summed E-state index contributed by atoms with van der Waals surface area (Å²) < 4.78 is 7.93. The summed E-state index contributed by atoms with van der Waals surface area (Å²) in [6, 6.07) is 13.8. The molecule has 8 heteroatoms. The third-order valence-electron chi connectivity index (χ3n) is 5.93. The van der Waals surface area contributed by atoms with Gasteiger partial charge in [-0.15, -0.1) is 10.2 Å². The van der Waals surface area contributed by atoms with E-state index in [1.54, 1.807) is 0 Å². The van der Waals surface area contributed by atoms with Crippen molar-refractivity contribution in [2.45, 2.75) is 39.0 Å². The van der Waals surface area contributed by atoms with Gasteiger partial charge in [-0.1, -0.05) is 29.8 Å². The van der Waals surface area contributed by atoms with Gasteiger partial charge in [-0.25, -0.2) is 0 Å². The van der Waals surface area contributed by atoms with Gasteiger partial charge in [-0.05, 0) is 68.2 Å². The molecule has 0 bridgehead atoms. The SMILES string of the molecule is CCNC(=O)C[C@@H]1CC/C=C(/c2ccc(Cl)cc2)c2cc(OCCN)ccc2-n2c(C)nnc21. The molecule has 0 unspecified atom stereocenters. The molecule has 7 nitrogen and oxygen atoms in total. The molecule has 3 aromatic rings. The molecule has 34 heavy (non-hydrogen) atoms. The molecule has 4 rings (SSSR count). The van der Waals surface area contributed by atoms with Crippen molar-refractivity contribution in [3.63, 3.8) is 0 Å². The molecule has 0 fully saturated rings. The number of hydrogen-bond acceptors (Lipinski definition) is 5. The highest BCUT2D eigenvalue weighted by Gasteiger charge is 2.27. The number of benzene rings is 2. The number of rotatable bonds is 7. The minimum absolute atomic E-state index is 0.0200. The molecule has 0 saturated heterocycles. The Kier molecular flexibility index (Phi) is 7.65. The summed E-state index contributed by atoms with van der Waals surface area (Å²) in [5, 5.41) is 12.5. The van der Waals surface area contributed by atoms with Gasteiger partial charge < -0.3 is 15.8 Å². The Morgan fingerprint density at radius 3 is 2.76 bits per heavy atom. The fraction of sp³-hybridized carbons (Fsp3) is 0.346. The van der Waals surface area contributed by atoms with Gasteiger partial charge in [0.15, 0.2) is 0 Å². The average Bonchev–Trinajstić information content (AvgIpc) is 3.23. The Labute approximate surface area is 205 Å². The van der Waals surface area contributed by atoms with Crippen molar-refractivity contribution in [2.75, 3.05) is 19.7 Å². The fourth-order valence-corrected chi connectivity index (χ4v) is 4.52. The quantitative estimate of drug-likeness (QED) is 0.523. The van der Waals surface area contributed by atoms with E-state index in [9.17, 15) is 4.79 Å². The van der Waals surface area contributed by atoms with Crippen LogP contribution < -0.4 is 15.8 Å². The van der Waals surface area contributed by atoms with Crippen LogP contribution in [0.25, 0.3) is 11.3 Å². The molecular weight excluding hydrogens is 450 g/mol. The number of fused-ring (bicyclic) bond motifs is 3.